The van der Waals surface area contributed by atoms with Crippen LogP contribution in [0.2, 0.25) is 0 Å². The summed E-state index contributed by atoms with van der Waals surface area (Å²) in [7, 11) is 0. The Labute approximate surface area is 105 Å². The Balaban J connectivity index is 2.75. The number of ether oxygens (including phenoxy) is 1. The van der Waals surface area contributed by atoms with Crippen molar-refractivity contribution in [3.63, 3.8) is 0 Å². The Kier molecular flexibility index (Phi) is 4.58. The fourth-order valence-corrected chi connectivity index (χ4v) is 2.87. The monoisotopic (exact) mass is 244 g/mol. The maximum Gasteiger partial charge on any atom is 0.0788 e. The van der Waals surface area contributed by atoms with Crippen LogP contribution in [0.25, 0.3) is 0 Å². The lowest BCUT2D eigenvalue weighted by atomic mass is 9.82. The molecule has 2 atom stereocenters. The van der Waals surface area contributed by atoms with Crippen LogP contribution in [-0.4, -0.2) is 53.5 Å². The lowest BCUT2D eigenvalue weighted by Crippen LogP contribution is -2.48. The van der Waals surface area contributed by atoms with Crippen LogP contribution in [0.1, 0.15) is 34.6 Å². The molecule has 1 aliphatic rings. The first kappa shape index (κ1) is 14.9. The second-order valence-electron chi connectivity index (χ2n) is 6.06. The molecule has 1 rings (SSSR count). The van der Waals surface area contributed by atoms with Crippen molar-refractivity contribution < 1.29 is 9.84 Å². The summed E-state index contributed by atoms with van der Waals surface area (Å²) in [5, 5.41) is 9.04. The molecular weight excluding hydrogens is 216 g/mol. The predicted molar refractivity (Wildman–Crippen MR) is 69.9 cm³/mol. The van der Waals surface area contributed by atoms with Gasteiger partial charge in [-0.3, -0.25) is 0 Å². The van der Waals surface area contributed by atoms with Crippen LogP contribution in [0.15, 0.2) is 0 Å². The van der Waals surface area contributed by atoms with E-state index in [0.29, 0.717) is 12.5 Å². The Morgan fingerprint density at radius 1 is 1.24 bits per heavy atom. The molecule has 0 radical (unpaired) electrons. The molecule has 3 N–H and O–H groups in total. The van der Waals surface area contributed by atoms with Crippen molar-refractivity contribution in [2.75, 3.05) is 26.2 Å². The number of aliphatic hydroxyl groups is 1. The van der Waals surface area contributed by atoms with Crippen LogP contribution >= 0.6 is 0 Å². The molecule has 0 aromatic rings. The summed E-state index contributed by atoms with van der Waals surface area (Å²) >= 11 is 0. The molecule has 1 fully saturated rings. The number of rotatable bonds is 5. The zero-order valence-corrected chi connectivity index (χ0v) is 11.9. The second kappa shape index (κ2) is 5.22. The van der Waals surface area contributed by atoms with Crippen molar-refractivity contribution in [1.29, 1.82) is 0 Å². The van der Waals surface area contributed by atoms with E-state index in [2.05, 4.69) is 39.5 Å². The van der Waals surface area contributed by atoms with Gasteiger partial charge in [0.2, 0.25) is 0 Å². The van der Waals surface area contributed by atoms with Crippen molar-refractivity contribution in [3.05, 3.63) is 0 Å². The van der Waals surface area contributed by atoms with Gasteiger partial charge in [0.05, 0.1) is 17.8 Å². The average molecular weight is 244 g/mol. The Hall–Kier alpha value is -0.160. The van der Waals surface area contributed by atoms with E-state index in [1.54, 1.807) is 0 Å². The first-order chi connectivity index (χ1) is 7.74. The third-order valence-electron chi connectivity index (χ3n) is 3.97. The number of nitrogens with zero attached hydrogens (tertiary/aromatic N) is 1. The van der Waals surface area contributed by atoms with Crippen LogP contribution in [0.3, 0.4) is 0 Å². The van der Waals surface area contributed by atoms with Crippen LogP contribution in [0, 0.1) is 5.92 Å². The molecule has 1 saturated heterocycles. The molecule has 2 unspecified atom stereocenters. The van der Waals surface area contributed by atoms with Crippen molar-refractivity contribution in [2.24, 2.45) is 11.7 Å². The van der Waals surface area contributed by atoms with Crippen molar-refractivity contribution in [2.45, 2.75) is 51.9 Å². The molecule has 17 heavy (non-hydrogen) atoms. The number of nitrogens with two attached hydrogens (primary N) is 1. The van der Waals surface area contributed by atoms with Gasteiger partial charge in [-0.1, -0.05) is 6.92 Å². The summed E-state index contributed by atoms with van der Waals surface area (Å²) in [6.45, 7) is 13.2. The van der Waals surface area contributed by atoms with Gasteiger partial charge in [0.1, 0.15) is 0 Å². The van der Waals surface area contributed by atoms with Crippen LogP contribution in [0.4, 0.5) is 0 Å². The Bertz CT molecular complexity index is 254. The summed E-state index contributed by atoms with van der Waals surface area (Å²) in [5.74, 6) is 0.295. The molecule has 0 saturated carbocycles. The zero-order valence-electron chi connectivity index (χ0n) is 11.9. The highest BCUT2D eigenvalue weighted by Crippen LogP contribution is 2.41. The van der Waals surface area contributed by atoms with E-state index in [1.807, 2.05) is 0 Å². The number of aliphatic hydroxyl groups excluding tert-OH is 1. The molecule has 1 heterocycles. The van der Waals surface area contributed by atoms with Crippen molar-refractivity contribution in [3.8, 4) is 0 Å². The van der Waals surface area contributed by atoms with Gasteiger partial charge in [0.25, 0.3) is 0 Å². The first-order valence-electron chi connectivity index (χ1n) is 6.53. The highest BCUT2D eigenvalue weighted by atomic mass is 16.5. The van der Waals surface area contributed by atoms with Gasteiger partial charge < -0.3 is 20.5 Å². The van der Waals surface area contributed by atoms with Gasteiger partial charge in [0, 0.05) is 25.0 Å². The van der Waals surface area contributed by atoms with E-state index >= 15 is 0 Å². The van der Waals surface area contributed by atoms with Gasteiger partial charge in [-0.2, -0.15) is 0 Å². The SMILES string of the molecule is CCN(CCO)CC1C(N)C(C)(C)OC1(C)C. The molecule has 4 nitrogen and oxygen atoms in total. The first-order valence-corrected chi connectivity index (χ1v) is 6.53. The molecular formula is C13H28N2O2. The van der Waals surface area contributed by atoms with Gasteiger partial charge in [0.15, 0.2) is 0 Å². The van der Waals surface area contributed by atoms with Gasteiger partial charge in [-0.15, -0.1) is 0 Å². The molecule has 0 bridgehead atoms. The fraction of sp³-hybridized carbons (Fsp3) is 1.00. The normalized spacial score (nSPS) is 31.1. The summed E-state index contributed by atoms with van der Waals surface area (Å²) in [5.41, 5.74) is 5.84. The molecule has 4 heteroatoms. The number of hydrogen-bond acceptors (Lipinski definition) is 4. The predicted octanol–water partition coefficient (Wildman–Crippen LogP) is 0.832. The quantitative estimate of drug-likeness (QED) is 0.752. The summed E-state index contributed by atoms with van der Waals surface area (Å²) in [4.78, 5) is 2.23. The van der Waals surface area contributed by atoms with Gasteiger partial charge in [-0.05, 0) is 34.2 Å². The van der Waals surface area contributed by atoms with E-state index in [1.165, 1.54) is 0 Å². The molecule has 0 aromatic heterocycles. The lowest BCUT2D eigenvalue weighted by Gasteiger charge is -2.32. The molecule has 0 aliphatic carbocycles. The van der Waals surface area contributed by atoms with E-state index in [4.69, 9.17) is 15.6 Å². The van der Waals surface area contributed by atoms with E-state index in [9.17, 15) is 0 Å². The molecule has 1 aliphatic heterocycles. The molecule has 0 spiro atoms. The standard InChI is InChI=1S/C13H28N2O2/c1-6-15(7-8-16)9-10-11(14)13(4,5)17-12(10,2)3/h10-11,16H,6-9,14H2,1-5H3. The minimum absolute atomic E-state index is 0.0326. The summed E-state index contributed by atoms with van der Waals surface area (Å²) in [6.07, 6.45) is 0. The van der Waals surface area contributed by atoms with E-state index < -0.39 is 0 Å². The van der Waals surface area contributed by atoms with E-state index in [0.717, 1.165) is 13.1 Å². The second-order valence-corrected chi connectivity index (χ2v) is 6.06. The molecule has 102 valence electrons. The van der Waals surface area contributed by atoms with Crippen molar-refractivity contribution >= 4 is 0 Å². The minimum atomic E-state index is -0.271. The minimum Gasteiger partial charge on any atom is -0.395 e. The Morgan fingerprint density at radius 3 is 2.18 bits per heavy atom. The van der Waals surface area contributed by atoms with Gasteiger partial charge in [-0.25, -0.2) is 0 Å². The maximum atomic E-state index is 9.04. The topological polar surface area (TPSA) is 58.7 Å². The summed E-state index contributed by atoms with van der Waals surface area (Å²) < 4.78 is 6.07. The number of likely N-dealkylation sites (N-methyl/N-ethyl adjacent to an activating group) is 1. The maximum absolute atomic E-state index is 9.04. The summed E-state index contributed by atoms with van der Waals surface area (Å²) in [6, 6.07) is 0.0326. The fourth-order valence-electron chi connectivity index (χ4n) is 2.87. The van der Waals surface area contributed by atoms with Gasteiger partial charge >= 0.3 is 0 Å². The smallest absolute Gasteiger partial charge is 0.0788 e. The highest BCUT2D eigenvalue weighted by Gasteiger charge is 2.52. The van der Waals surface area contributed by atoms with Crippen LogP contribution in [0.5, 0.6) is 0 Å². The van der Waals surface area contributed by atoms with Crippen LogP contribution < -0.4 is 5.73 Å². The Morgan fingerprint density at radius 2 is 1.82 bits per heavy atom. The zero-order chi connectivity index (χ0) is 13.3. The molecule has 0 aromatic carbocycles. The largest absolute Gasteiger partial charge is 0.395 e. The van der Waals surface area contributed by atoms with Crippen molar-refractivity contribution in [1.82, 2.24) is 4.90 Å². The average Bonchev–Trinajstić information content (AvgIpc) is 2.35. The third-order valence-corrected chi connectivity index (χ3v) is 3.97. The highest BCUT2D eigenvalue weighted by molar-refractivity contribution is 5.04. The number of hydrogen-bond donors (Lipinski definition) is 2. The van der Waals surface area contributed by atoms with E-state index in [-0.39, 0.29) is 23.9 Å². The molecule has 0 amide bonds. The third kappa shape index (κ3) is 3.19. The lowest BCUT2D eigenvalue weighted by molar-refractivity contribution is -0.0785. The van der Waals surface area contributed by atoms with Crippen LogP contribution in [-0.2, 0) is 4.74 Å².